The summed E-state index contributed by atoms with van der Waals surface area (Å²) in [4.78, 5) is 22.4. The second-order valence-corrected chi connectivity index (χ2v) is 9.17. The first kappa shape index (κ1) is 27.3. The highest BCUT2D eigenvalue weighted by Crippen LogP contribution is 2.29. The number of amides is 1. The van der Waals surface area contributed by atoms with Gasteiger partial charge in [0, 0.05) is 20.6 Å². The number of carbonyl (C=O) groups is 2. The number of rotatable bonds is 8. The standard InChI is InChI=1S/C24H38N4O3.CH2O2/c1-17-14-19(12-13-22(17)31-20-10-5-4-6-11-20)23(25)21(28(3)26)16-30-24(29)27(2)15-18-8-7-9-18;2-1-3/h12-14,18,20H,4-11,15-16,25-26H2,1-3H3;1H,(H,2,3)/b23-21-;. The number of nitrogens with two attached hydrogens (primary N) is 2. The fourth-order valence-corrected chi connectivity index (χ4v) is 4.23. The van der Waals surface area contributed by atoms with E-state index in [-0.39, 0.29) is 19.2 Å². The van der Waals surface area contributed by atoms with E-state index >= 15 is 0 Å². The van der Waals surface area contributed by atoms with Gasteiger partial charge in [-0.3, -0.25) is 4.79 Å². The number of nitrogens with zero attached hydrogens (tertiary/aromatic N) is 2. The first-order valence-electron chi connectivity index (χ1n) is 12.0. The lowest BCUT2D eigenvalue weighted by Gasteiger charge is -2.30. The molecule has 3 rings (SSSR count). The average Bonchev–Trinajstić information content (AvgIpc) is 2.78. The number of likely N-dealkylation sites (N-methyl/N-ethyl adjacent to an activating group) is 1. The lowest BCUT2D eigenvalue weighted by molar-refractivity contribution is -0.122. The largest absolute Gasteiger partial charge is 0.490 e. The molecule has 9 heteroatoms. The highest BCUT2D eigenvalue weighted by atomic mass is 16.6. The molecule has 0 radical (unpaired) electrons. The maximum absolute atomic E-state index is 12.4. The van der Waals surface area contributed by atoms with Gasteiger partial charge in [0.05, 0.1) is 17.5 Å². The van der Waals surface area contributed by atoms with Gasteiger partial charge in [0.15, 0.2) is 0 Å². The molecule has 9 nitrogen and oxygen atoms in total. The second kappa shape index (κ2) is 13.7. The minimum atomic E-state index is -0.355. The van der Waals surface area contributed by atoms with Crippen LogP contribution in [0.25, 0.3) is 5.70 Å². The lowest BCUT2D eigenvalue weighted by Crippen LogP contribution is -2.36. The van der Waals surface area contributed by atoms with Crippen molar-refractivity contribution in [3.63, 3.8) is 0 Å². The molecular weight excluding hydrogens is 436 g/mol. The number of carbonyl (C=O) groups excluding carboxylic acids is 1. The summed E-state index contributed by atoms with van der Waals surface area (Å²) >= 11 is 0. The Morgan fingerprint density at radius 3 is 2.32 bits per heavy atom. The van der Waals surface area contributed by atoms with Gasteiger partial charge in [0.2, 0.25) is 0 Å². The van der Waals surface area contributed by atoms with Gasteiger partial charge in [-0.2, -0.15) is 0 Å². The van der Waals surface area contributed by atoms with E-state index in [0.717, 1.165) is 36.3 Å². The van der Waals surface area contributed by atoms with E-state index < -0.39 is 0 Å². The van der Waals surface area contributed by atoms with Crippen molar-refractivity contribution >= 4 is 18.3 Å². The second-order valence-electron chi connectivity index (χ2n) is 9.17. The molecule has 0 saturated heterocycles. The third kappa shape index (κ3) is 8.13. The molecule has 0 unspecified atom stereocenters. The molecule has 2 aliphatic carbocycles. The van der Waals surface area contributed by atoms with Gasteiger partial charge in [-0.1, -0.05) is 12.8 Å². The van der Waals surface area contributed by atoms with Crippen LogP contribution in [0.3, 0.4) is 0 Å². The van der Waals surface area contributed by atoms with Gasteiger partial charge in [-0.05, 0) is 80.7 Å². The molecule has 2 fully saturated rings. The lowest BCUT2D eigenvalue weighted by atomic mass is 9.85. The summed E-state index contributed by atoms with van der Waals surface area (Å²) in [5.41, 5.74) is 9.35. The van der Waals surface area contributed by atoms with Crippen molar-refractivity contribution in [2.45, 2.75) is 64.4 Å². The number of ether oxygens (including phenoxy) is 2. The van der Waals surface area contributed by atoms with Crippen molar-refractivity contribution in [3.05, 3.63) is 35.0 Å². The number of hydrogen-bond donors (Lipinski definition) is 3. The Hall–Kier alpha value is -2.94. The van der Waals surface area contributed by atoms with Crippen LogP contribution < -0.4 is 16.3 Å². The van der Waals surface area contributed by atoms with Gasteiger partial charge in [0.25, 0.3) is 6.47 Å². The van der Waals surface area contributed by atoms with Crippen LogP contribution in [0.4, 0.5) is 4.79 Å². The molecule has 5 N–H and O–H groups in total. The Labute approximate surface area is 202 Å². The summed E-state index contributed by atoms with van der Waals surface area (Å²) in [5.74, 6) is 7.49. The molecule has 0 aliphatic heterocycles. The molecule has 1 amide bonds. The summed E-state index contributed by atoms with van der Waals surface area (Å²) in [6.45, 7) is 2.52. The normalized spacial score (nSPS) is 16.8. The quantitative estimate of drug-likeness (QED) is 0.294. The Balaban J connectivity index is 0.00000129. The zero-order chi connectivity index (χ0) is 25.1. The van der Waals surface area contributed by atoms with Crippen molar-refractivity contribution < 1.29 is 24.2 Å². The molecular formula is C25H40N4O5. The smallest absolute Gasteiger partial charge is 0.409 e. The van der Waals surface area contributed by atoms with Crippen LogP contribution in [0, 0.1) is 12.8 Å². The fraction of sp³-hybridized carbons (Fsp3) is 0.600. The van der Waals surface area contributed by atoms with E-state index in [1.807, 2.05) is 25.1 Å². The molecule has 2 aliphatic rings. The highest BCUT2D eigenvalue weighted by Gasteiger charge is 2.23. The minimum absolute atomic E-state index is 0.0199. The molecule has 0 atom stereocenters. The molecule has 2 saturated carbocycles. The van der Waals surface area contributed by atoms with Crippen molar-refractivity contribution in [3.8, 4) is 5.75 Å². The third-order valence-electron chi connectivity index (χ3n) is 6.47. The van der Waals surface area contributed by atoms with Crippen molar-refractivity contribution in [1.29, 1.82) is 0 Å². The summed E-state index contributed by atoms with van der Waals surface area (Å²) < 4.78 is 11.7. The first-order valence-corrected chi connectivity index (χ1v) is 12.0. The zero-order valence-corrected chi connectivity index (χ0v) is 20.7. The predicted molar refractivity (Wildman–Crippen MR) is 132 cm³/mol. The Kier molecular flexibility index (Phi) is 11.0. The van der Waals surface area contributed by atoms with Gasteiger partial charge < -0.3 is 30.2 Å². The van der Waals surface area contributed by atoms with Gasteiger partial charge in [-0.25, -0.2) is 10.6 Å². The molecule has 0 bridgehead atoms. The summed E-state index contributed by atoms with van der Waals surface area (Å²) in [6.07, 6.45) is 9.56. The topological polar surface area (TPSA) is 131 Å². The summed E-state index contributed by atoms with van der Waals surface area (Å²) in [5, 5.41) is 8.30. The highest BCUT2D eigenvalue weighted by molar-refractivity contribution is 5.70. The van der Waals surface area contributed by atoms with Crippen molar-refractivity contribution in [2.24, 2.45) is 17.5 Å². The number of hydrogen-bond acceptors (Lipinski definition) is 7. The number of hydrazine groups is 1. The molecule has 0 spiro atoms. The fourth-order valence-electron chi connectivity index (χ4n) is 4.23. The van der Waals surface area contributed by atoms with Crippen molar-refractivity contribution in [1.82, 2.24) is 9.91 Å². The Morgan fingerprint density at radius 2 is 1.79 bits per heavy atom. The van der Waals surface area contributed by atoms with Crippen LogP contribution in [-0.4, -0.2) is 60.9 Å². The van der Waals surface area contributed by atoms with E-state index in [0.29, 0.717) is 23.4 Å². The number of carboxylic acid groups (broad SMARTS) is 1. The maximum Gasteiger partial charge on any atom is 0.409 e. The molecule has 1 aromatic rings. The first-order chi connectivity index (χ1) is 16.3. The van der Waals surface area contributed by atoms with Crippen LogP contribution in [0.15, 0.2) is 23.9 Å². The Morgan fingerprint density at radius 1 is 1.15 bits per heavy atom. The van der Waals surface area contributed by atoms with Crippen LogP contribution in [-0.2, 0) is 9.53 Å². The maximum atomic E-state index is 12.4. The summed E-state index contributed by atoms with van der Waals surface area (Å²) in [6, 6.07) is 5.91. The molecule has 0 heterocycles. The molecule has 34 heavy (non-hydrogen) atoms. The van der Waals surface area contributed by atoms with Crippen LogP contribution in [0.1, 0.15) is 62.5 Å². The van der Waals surface area contributed by atoms with E-state index in [1.54, 1.807) is 19.0 Å². The van der Waals surface area contributed by atoms with E-state index in [2.05, 4.69) is 0 Å². The summed E-state index contributed by atoms with van der Waals surface area (Å²) in [7, 11) is 3.47. The van der Waals surface area contributed by atoms with E-state index in [1.165, 1.54) is 43.5 Å². The number of benzene rings is 1. The molecule has 190 valence electrons. The molecule has 1 aromatic carbocycles. The van der Waals surface area contributed by atoms with Crippen LogP contribution in [0.5, 0.6) is 5.75 Å². The van der Waals surface area contributed by atoms with Crippen LogP contribution >= 0.6 is 0 Å². The van der Waals surface area contributed by atoms with Gasteiger partial charge in [0.1, 0.15) is 12.4 Å². The van der Waals surface area contributed by atoms with Gasteiger partial charge >= 0.3 is 6.09 Å². The van der Waals surface area contributed by atoms with E-state index in [4.69, 9.17) is 31.0 Å². The predicted octanol–water partition coefficient (Wildman–Crippen LogP) is 3.71. The Bertz CT molecular complexity index is 833. The van der Waals surface area contributed by atoms with Gasteiger partial charge in [-0.15, -0.1) is 0 Å². The van der Waals surface area contributed by atoms with Crippen molar-refractivity contribution in [2.75, 3.05) is 27.2 Å². The zero-order valence-electron chi connectivity index (χ0n) is 20.7. The van der Waals surface area contributed by atoms with E-state index in [9.17, 15) is 4.79 Å². The minimum Gasteiger partial charge on any atom is -0.490 e. The SMILES string of the molecule is Cc1cc(/C(N)=C(\COC(=O)N(C)CC2CCC2)N(C)N)ccc1OC1CCCCC1.O=CO. The monoisotopic (exact) mass is 476 g/mol. The number of aryl methyl sites for hydroxylation is 1. The average molecular weight is 477 g/mol. The van der Waals surface area contributed by atoms with Crippen LogP contribution in [0.2, 0.25) is 0 Å². The molecule has 0 aromatic heterocycles. The third-order valence-corrected chi connectivity index (χ3v) is 6.47.